The van der Waals surface area contributed by atoms with E-state index in [2.05, 4.69) is 0 Å². The molecule has 1 atom stereocenters. The molecule has 0 N–H and O–H groups in total. The molecule has 1 aromatic heterocycles. The maximum absolute atomic E-state index is 13.3. The second kappa shape index (κ2) is 9.80. The van der Waals surface area contributed by atoms with Crippen LogP contribution in [0.25, 0.3) is 10.2 Å². The number of fused-ring (bicyclic) bond motifs is 1. The third-order valence-electron chi connectivity index (χ3n) is 4.73. The van der Waals surface area contributed by atoms with Crippen molar-refractivity contribution >= 4 is 27.5 Å². The maximum atomic E-state index is 13.3. The van der Waals surface area contributed by atoms with E-state index in [0.717, 1.165) is 15.2 Å². The molecule has 160 valence electrons. The molecule has 6 nitrogen and oxygen atoms in total. The number of nitrogens with zero attached hydrogens (tertiary/aromatic N) is 2. The number of benzene rings is 2. The van der Waals surface area contributed by atoms with Crippen LogP contribution in [-0.4, -0.2) is 42.7 Å². The van der Waals surface area contributed by atoms with Gasteiger partial charge >= 0.3 is 0 Å². The molecule has 7 heteroatoms. The number of para-hydroxylation sites is 1. The third-order valence-corrected chi connectivity index (χ3v) is 5.93. The van der Waals surface area contributed by atoms with Crippen molar-refractivity contribution in [2.24, 2.45) is 0 Å². The highest BCUT2D eigenvalue weighted by atomic mass is 32.1. The number of hydrogen-bond donors (Lipinski definition) is 0. The van der Waals surface area contributed by atoms with Gasteiger partial charge in [-0.15, -0.1) is 11.3 Å². The normalized spacial score (nSPS) is 11.9. The van der Waals surface area contributed by atoms with E-state index in [1.807, 2.05) is 52.0 Å². The van der Waals surface area contributed by atoms with Gasteiger partial charge in [-0.3, -0.25) is 4.79 Å². The van der Waals surface area contributed by atoms with Crippen LogP contribution in [0.15, 0.2) is 36.4 Å². The minimum absolute atomic E-state index is 0.133. The number of ether oxygens (including phenoxy) is 3. The fourth-order valence-electron chi connectivity index (χ4n) is 3.13. The number of amides is 1. The molecule has 0 fully saturated rings. The Labute approximate surface area is 181 Å². The van der Waals surface area contributed by atoms with E-state index in [1.165, 1.54) is 0 Å². The van der Waals surface area contributed by atoms with E-state index in [0.29, 0.717) is 42.6 Å². The second-order valence-electron chi connectivity index (χ2n) is 6.71. The van der Waals surface area contributed by atoms with Gasteiger partial charge in [-0.25, -0.2) is 4.98 Å². The number of thiazole rings is 1. The van der Waals surface area contributed by atoms with Crippen LogP contribution in [0.1, 0.15) is 49.1 Å². The van der Waals surface area contributed by atoms with Crippen LogP contribution in [0, 0.1) is 0 Å². The van der Waals surface area contributed by atoms with Crippen LogP contribution >= 0.6 is 11.3 Å². The molecule has 30 heavy (non-hydrogen) atoms. The molecule has 0 aliphatic rings. The lowest BCUT2D eigenvalue weighted by molar-refractivity contribution is 0.0741. The first-order chi connectivity index (χ1) is 14.5. The van der Waals surface area contributed by atoms with E-state index in [1.54, 1.807) is 35.4 Å². The largest absolute Gasteiger partial charge is 0.490 e. The predicted octanol–water partition coefficient (Wildman–Crippen LogP) is 5.33. The summed E-state index contributed by atoms with van der Waals surface area (Å²) in [6.45, 7) is 9.07. The SMILES string of the molecule is CCOc1cc(C(=O)N(C)C(C)c2nc3ccccc3s2)cc(OCC)c1OCC. The smallest absolute Gasteiger partial charge is 0.254 e. The van der Waals surface area contributed by atoms with E-state index < -0.39 is 0 Å². The van der Waals surface area contributed by atoms with Gasteiger partial charge in [0.15, 0.2) is 11.5 Å². The van der Waals surface area contributed by atoms with E-state index in [4.69, 9.17) is 19.2 Å². The highest BCUT2D eigenvalue weighted by Gasteiger charge is 2.25. The molecule has 0 spiro atoms. The van der Waals surface area contributed by atoms with Crippen LogP contribution in [-0.2, 0) is 0 Å². The average molecular weight is 429 g/mol. The molecular formula is C23H28N2O4S. The average Bonchev–Trinajstić information content (AvgIpc) is 3.19. The van der Waals surface area contributed by atoms with Crippen molar-refractivity contribution < 1.29 is 19.0 Å². The molecule has 0 bridgehead atoms. The molecule has 0 saturated carbocycles. The number of hydrogen-bond acceptors (Lipinski definition) is 6. The highest BCUT2D eigenvalue weighted by Crippen LogP contribution is 2.40. The standard InChI is InChI=1S/C23H28N2O4S/c1-6-27-18-13-16(14-19(28-7-2)21(18)29-8-3)23(26)25(5)15(4)22-24-17-11-9-10-12-20(17)30-22/h9-15H,6-8H2,1-5H3. The van der Waals surface area contributed by atoms with E-state index in [9.17, 15) is 4.79 Å². The summed E-state index contributed by atoms with van der Waals surface area (Å²) in [7, 11) is 1.79. The summed E-state index contributed by atoms with van der Waals surface area (Å²) in [6, 6.07) is 11.3. The summed E-state index contributed by atoms with van der Waals surface area (Å²) < 4.78 is 18.3. The van der Waals surface area contributed by atoms with Crippen LogP contribution in [0.2, 0.25) is 0 Å². The first-order valence-corrected chi connectivity index (χ1v) is 11.0. The lowest BCUT2D eigenvalue weighted by atomic mass is 10.1. The van der Waals surface area contributed by atoms with Crippen LogP contribution in [0.3, 0.4) is 0 Å². The molecular weight excluding hydrogens is 400 g/mol. The first-order valence-electron chi connectivity index (χ1n) is 10.2. The summed E-state index contributed by atoms with van der Waals surface area (Å²) in [5, 5.41) is 0.896. The molecule has 1 unspecified atom stereocenters. The minimum atomic E-state index is -0.174. The zero-order chi connectivity index (χ0) is 21.7. The Morgan fingerprint density at radius 3 is 2.20 bits per heavy atom. The number of rotatable bonds is 9. The minimum Gasteiger partial charge on any atom is -0.490 e. The fourth-order valence-corrected chi connectivity index (χ4v) is 4.19. The van der Waals surface area contributed by atoms with Gasteiger partial charge in [-0.2, -0.15) is 0 Å². The highest BCUT2D eigenvalue weighted by molar-refractivity contribution is 7.18. The van der Waals surface area contributed by atoms with Gasteiger partial charge in [0, 0.05) is 12.6 Å². The van der Waals surface area contributed by atoms with E-state index >= 15 is 0 Å². The van der Waals surface area contributed by atoms with Crippen molar-refractivity contribution in [3.8, 4) is 17.2 Å². The van der Waals surface area contributed by atoms with Crippen molar-refractivity contribution in [2.75, 3.05) is 26.9 Å². The Morgan fingerprint density at radius 2 is 1.63 bits per heavy atom. The molecule has 0 aliphatic carbocycles. The second-order valence-corrected chi connectivity index (χ2v) is 7.77. The van der Waals surface area contributed by atoms with Gasteiger partial charge in [0.1, 0.15) is 5.01 Å². The lowest BCUT2D eigenvalue weighted by Crippen LogP contribution is -2.29. The molecule has 0 saturated heterocycles. The Hall–Kier alpha value is -2.80. The zero-order valence-electron chi connectivity index (χ0n) is 18.1. The summed E-state index contributed by atoms with van der Waals surface area (Å²) in [6.07, 6.45) is 0. The van der Waals surface area contributed by atoms with Gasteiger partial charge in [-0.1, -0.05) is 12.1 Å². The van der Waals surface area contributed by atoms with Crippen molar-refractivity contribution in [1.29, 1.82) is 0 Å². The molecule has 3 rings (SSSR count). The topological polar surface area (TPSA) is 60.9 Å². The van der Waals surface area contributed by atoms with Gasteiger partial charge in [-0.05, 0) is 52.0 Å². The Balaban J connectivity index is 1.93. The van der Waals surface area contributed by atoms with Crippen LogP contribution in [0.4, 0.5) is 0 Å². The van der Waals surface area contributed by atoms with Gasteiger partial charge in [0.25, 0.3) is 5.91 Å². The van der Waals surface area contributed by atoms with Gasteiger partial charge in [0.05, 0.1) is 36.1 Å². The number of carbonyl (C=O) groups excluding carboxylic acids is 1. The van der Waals surface area contributed by atoms with Crippen LogP contribution < -0.4 is 14.2 Å². The van der Waals surface area contributed by atoms with Crippen molar-refractivity contribution in [3.63, 3.8) is 0 Å². The Bertz CT molecular complexity index is 957. The Kier molecular flexibility index (Phi) is 7.15. The van der Waals surface area contributed by atoms with Crippen LogP contribution in [0.5, 0.6) is 17.2 Å². The monoisotopic (exact) mass is 428 g/mol. The maximum Gasteiger partial charge on any atom is 0.254 e. The molecule has 0 radical (unpaired) electrons. The fraction of sp³-hybridized carbons (Fsp3) is 0.391. The molecule has 2 aromatic carbocycles. The molecule has 1 amide bonds. The Morgan fingerprint density at radius 1 is 1.03 bits per heavy atom. The summed E-state index contributed by atoms with van der Waals surface area (Å²) in [5.74, 6) is 1.41. The third kappa shape index (κ3) is 4.51. The van der Waals surface area contributed by atoms with Gasteiger partial charge in [0.2, 0.25) is 5.75 Å². The molecule has 1 heterocycles. The summed E-state index contributed by atoms with van der Waals surface area (Å²) in [4.78, 5) is 19.7. The predicted molar refractivity (Wildman–Crippen MR) is 120 cm³/mol. The number of carbonyl (C=O) groups is 1. The summed E-state index contributed by atoms with van der Waals surface area (Å²) in [5.41, 5.74) is 1.43. The molecule has 3 aromatic rings. The van der Waals surface area contributed by atoms with E-state index in [-0.39, 0.29) is 11.9 Å². The van der Waals surface area contributed by atoms with Crippen molar-refractivity contribution in [1.82, 2.24) is 9.88 Å². The zero-order valence-corrected chi connectivity index (χ0v) is 18.9. The van der Waals surface area contributed by atoms with Crippen molar-refractivity contribution in [3.05, 3.63) is 47.0 Å². The first kappa shape index (κ1) is 21.9. The summed E-state index contributed by atoms with van der Waals surface area (Å²) >= 11 is 1.60. The quantitative estimate of drug-likeness (QED) is 0.461. The molecule has 0 aliphatic heterocycles. The van der Waals surface area contributed by atoms with Crippen molar-refractivity contribution in [2.45, 2.75) is 33.7 Å². The lowest BCUT2D eigenvalue weighted by Gasteiger charge is -2.24. The number of aromatic nitrogens is 1. The van der Waals surface area contributed by atoms with Gasteiger partial charge < -0.3 is 19.1 Å².